The maximum atomic E-state index is 12.8. The summed E-state index contributed by atoms with van der Waals surface area (Å²) in [5.41, 5.74) is 0. The maximum absolute atomic E-state index is 12.8. The van der Waals surface area contributed by atoms with Crippen LogP contribution in [0.3, 0.4) is 0 Å². The van der Waals surface area contributed by atoms with E-state index in [2.05, 4.69) is 69.4 Å². The quantitative estimate of drug-likeness (QED) is 0.0262. The summed E-state index contributed by atoms with van der Waals surface area (Å²) in [7, 11) is 0. The molecule has 1 unspecified atom stereocenters. The Hall–Kier alpha value is -2.63. The van der Waals surface area contributed by atoms with E-state index in [1.54, 1.807) is 0 Å². The van der Waals surface area contributed by atoms with E-state index in [-0.39, 0.29) is 31.1 Å². The minimum absolute atomic E-state index is 0.0707. The third-order valence-corrected chi connectivity index (χ3v) is 11.6. The van der Waals surface area contributed by atoms with Crippen molar-refractivity contribution in [3.8, 4) is 0 Å². The van der Waals surface area contributed by atoms with Crippen LogP contribution in [0.25, 0.3) is 0 Å². The van der Waals surface area contributed by atoms with Crippen LogP contribution < -0.4 is 0 Å². The second kappa shape index (κ2) is 51.0. The summed E-state index contributed by atoms with van der Waals surface area (Å²) in [6.45, 7) is 6.51. The van der Waals surface area contributed by atoms with Gasteiger partial charge in [-0.2, -0.15) is 0 Å². The van der Waals surface area contributed by atoms with Crippen molar-refractivity contribution in [1.82, 2.24) is 0 Å². The lowest BCUT2D eigenvalue weighted by Crippen LogP contribution is -2.30. The number of carbonyl (C=O) groups excluding carboxylic acids is 3. The first-order chi connectivity index (χ1) is 30.5. The molecule has 0 spiro atoms. The molecule has 0 fully saturated rings. The third-order valence-electron chi connectivity index (χ3n) is 11.6. The maximum Gasteiger partial charge on any atom is 0.306 e. The topological polar surface area (TPSA) is 78.9 Å². The number of ether oxygens (including phenoxy) is 3. The van der Waals surface area contributed by atoms with Crippen molar-refractivity contribution < 1.29 is 28.6 Å². The molecule has 0 aliphatic carbocycles. The second-order valence-corrected chi connectivity index (χ2v) is 17.8. The SMILES string of the molecule is CC/C=C\C/C=C\C/C=C\C/C=C\CCCCCCCCCCCCC(=O)OCC(COC(=O)CCCCCCCCCC)OC(=O)CCCCCCCCCCCCCCC. The van der Waals surface area contributed by atoms with Gasteiger partial charge in [-0.05, 0) is 57.8 Å². The molecule has 0 radical (unpaired) electrons. The van der Waals surface area contributed by atoms with Gasteiger partial charge in [-0.1, -0.05) is 243 Å². The predicted molar refractivity (Wildman–Crippen MR) is 265 cm³/mol. The van der Waals surface area contributed by atoms with Crippen LogP contribution in [0, 0.1) is 0 Å². The van der Waals surface area contributed by atoms with Crippen molar-refractivity contribution in [3.63, 3.8) is 0 Å². The lowest BCUT2D eigenvalue weighted by molar-refractivity contribution is -0.167. The van der Waals surface area contributed by atoms with Crippen molar-refractivity contribution in [2.24, 2.45) is 0 Å². The first-order valence-electron chi connectivity index (χ1n) is 26.6. The number of carbonyl (C=O) groups is 3. The van der Waals surface area contributed by atoms with Crippen LogP contribution in [0.4, 0.5) is 0 Å². The normalized spacial score (nSPS) is 12.4. The Morgan fingerprint density at radius 1 is 0.339 bits per heavy atom. The lowest BCUT2D eigenvalue weighted by atomic mass is 10.0. The molecule has 360 valence electrons. The van der Waals surface area contributed by atoms with E-state index >= 15 is 0 Å². The largest absolute Gasteiger partial charge is 0.462 e. The molecule has 6 nitrogen and oxygen atoms in total. The second-order valence-electron chi connectivity index (χ2n) is 17.8. The molecule has 0 rings (SSSR count). The number of rotatable bonds is 48. The van der Waals surface area contributed by atoms with Gasteiger partial charge >= 0.3 is 17.9 Å². The van der Waals surface area contributed by atoms with Crippen LogP contribution in [0.1, 0.15) is 271 Å². The van der Waals surface area contributed by atoms with Gasteiger partial charge in [-0.15, -0.1) is 0 Å². The highest BCUT2D eigenvalue weighted by Crippen LogP contribution is 2.16. The molecule has 0 saturated heterocycles. The molecule has 62 heavy (non-hydrogen) atoms. The van der Waals surface area contributed by atoms with Gasteiger partial charge in [-0.3, -0.25) is 14.4 Å². The number of esters is 3. The first kappa shape index (κ1) is 59.4. The van der Waals surface area contributed by atoms with E-state index in [1.165, 1.54) is 148 Å². The molecular weight excluding hydrogens is 769 g/mol. The molecule has 0 aliphatic rings. The zero-order chi connectivity index (χ0) is 45.1. The van der Waals surface area contributed by atoms with E-state index in [9.17, 15) is 14.4 Å². The molecule has 0 bridgehead atoms. The zero-order valence-electron chi connectivity index (χ0n) is 41.1. The summed E-state index contributed by atoms with van der Waals surface area (Å²) in [6, 6.07) is 0. The smallest absolute Gasteiger partial charge is 0.306 e. The molecule has 0 heterocycles. The number of allylic oxidation sites excluding steroid dienone is 8. The zero-order valence-corrected chi connectivity index (χ0v) is 41.1. The van der Waals surface area contributed by atoms with Gasteiger partial charge in [0, 0.05) is 19.3 Å². The van der Waals surface area contributed by atoms with E-state index in [0.29, 0.717) is 19.3 Å². The summed E-state index contributed by atoms with van der Waals surface area (Å²) in [5.74, 6) is -0.870. The van der Waals surface area contributed by atoms with Crippen molar-refractivity contribution in [1.29, 1.82) is 0 Å². The van der Waals surface area contributed by atoms with E-state index < -0.39 is 6.10 Å². The first-order valence-corrected chi connectivity index (χ1v) is 26.6. The number of hydrogen-bond acceptors (Lipinski definition) is 6. The average Bonchev–Trinajstić information content (AvgIpc) is 3.27. The van der Waals surface area contributed by atoms with Crippen LogP contribution in [0.2, 0.25) is 0 Å². The van der Waals surface area contributed by atoms with Crippen molar-refractivity contribution in [2.45, 2.75) is 277 Å². The molecule has 0 amide bonds. The van der Waals surface area contributed by atoms with Gasteiger partial charge in [0.15, 0.2) is 6.10 Å². The van der Waals surface area contributed by atoms with Crippen LogP contribution >= 0.6 is 0 Å². The Morgan fingerprint density at radius 2 is 0.629 bits per heavy atom. The molecular formula is C56H100O6. The fourth-order valence-electron chi connectivity index (χ4n) is 7.61. The molecule has 0 N–H and O–H groups in total. The minimum Gasteiger partial charge on any atom is -0.462 e. The lowest BCUT2D eigenvalue weighted by Gasteiger charge is -2.18. The van der Waals surface area contributed by atoms with Gasteiger partial charge in [0.2, 0.25) is 0 Å². The standard InChI is InChI=1S/C56H100O6/c1-4-7-10-13-16-19-21-23-24-25-26-27-28-29-30-31-32-34-35-37-40-43-46-49-55(58)61-52-53(51-60-54(57)48-45-42-39-18-15-12-9-6-3)62-56(59)50-47-44-41-38-36-33-22-20-17-14-11-8-5-2/h7,10,16,19,23-24,26-27,53H,4-6,8-9,11-15,17-18,20-22,25,28-52H2,1-3H3/b10-7-,19-16-,24-23-,27-26-. The molecule has 0 aromatic rings. The van der Waals surface area contributed by atoms with Crippen molar-refractivity contribution in [2.75, 3.05) is 13.2 Å². The summed E-state index contributed by atoms with van der Waals surface area (Å²) in [6.07, 6.45) is 61.1. The van der Waals surface area contributed by atoms with E-state index in [4.69, 9.17) is 14.2 Å². The number of hydrogen-bond donors (Lipinski definition) is 0. The average molecular weight is 869 g/mol. The van der Waals surface area contributed by atoms with Gasteiger partial charge in [-0.25, -0.2) is 0 Å². The van der Waals surface area contributed by atoms with Crippen LogP contribution in [-0.2, 0) is 28.6 Å². The Balaban J connectivity index is 4.19. The summed E-state index contributed by atoms with van der Waals surface area (Å²) < 4.78 is 16.8. The van der Waals surface area contributed by atoms with Crippen LogP contribution in [0.15, 0.2) is 48.6 Å². The van der Waals surface area contributed by atoms with Crippen molar-refractivity contribution >= 4 is 17.9 Å². The molecule has 0 aromatic heterocycles. The van der Waals surface area contributed by atoms with Crippen molar-refractivity contribution in [3.05, 3.63) is 48.6 Å². The predicted octanol–water partition coefficient (Wildman–Crippen LogP) is 17.5. The number of unbranched alkanes of at least 4 members (excludes halogenated alkanes) is 29. The van der Waals surface area contributed by atoms with Gasteiger partial charge in [0.05, 0.1) is 0 Å². The minimum atomic E-state index is -0.768. The van der Waals surface area contributed by atoms with Crippen LogP contribution in [0.5, 0.6) is 0 Å². The third kappa shape index (κ3) is 48.4. The molecule has 0 saturated carbocycles. The Morgan fingerprint density at radius 3 is 0.984 bits per heavy atom. The van der Waals surface area contributed by atoms with Gasteiger partial charge < -0.3 is 14.2 Å². The van der Waals surface area contributed by atoms with E-state index in [0.717, 1.165) is 83.5 Å². The highest BCUT2D eigenvalue weighted by molar-refractivity contribution is 5.71. The fourth-order valence-corrected chi connectivity index (χ4v) is 7.61. The molecule has 6 heteroatoms. The Bertz CT molecular complexity index is 1090. The summed E-state index contributed by atoms with van der Waals surface area (Å²) in [5, 5.41) is 0. The van der Waals surface area contributed by atoms with Crippen LogP contribution in [-0.4, -0.2) is 37.2 Å². The molecule has 0 aliphatic heterocycles. The molecule has 1 atom stereocenters. The molecule has 0 aromatic carbocycles. The highest BCUT2D eigenvalue weighted by atomic mass is 16.6. The van der Waals surface area contributed by atoms with E-state index in [1.807, 2.05) is 0 Å². The van der Waals surface area contributed by atoms with Gasteiger partial charge in [0.1, 0.15) is 13.2 Å². The Kier molecular flexibility index (Phi) is 48.8. The Labute approximate surface area is 384 Å². The highest BCUT2D eigenvalue weighted by Gasteiger charge is 2.19. The summed E-state index contributed by atoms with van der Waals surface area (Å²) in [4.78, 5) is 37.9. The van der Waals surface area contributed by atoms with Gasteiger partial charge in [0.25, 0.3) is 0 Å². The monoisotopic (exact) mass is 869 g/mol. The fraction of sp³-hybridized carbons (Fsp3) is 0.804. The summed E-state index contributed by atoms with van der Waals surface area (Å²) >= 11 is 0.